The first-order valence-electron chi connectivity index (χ1n) is 7.47. The quantitative estimate of drug-likeness (QED) is 0.646. The normalized spacial score (nSPS) is 19.4. The molecular formula is C15H22FN3O3. The van der Waals surface area contributed by atoms with Gasteiger partial charge in [0, 0.05) is 38.3 Å². The van der Waals surface area contributed by atoms with Gasteiger partial charge in [0.15, 0.2) is 0 Å². The Hall–Kier alpha value is -1.73. The van der Waals surface area contributed by atoms with Crippen molar-refractivity contribution in [3.8, 4) is 0 Å². The molecule has 1 N–H and O–H groups in total. The van der Waals surface area contributed by atoms with E-state index in [0.717, 1.165) is 31.8 Å². The van der Waals surface area contributed by atoms with Crippen LogP contribution >= 0.6 is 0 Å². The molecule has 1 aromatic carbocycles. The van der Waals surface area contributed by atoms with Crippen molar-refractivity contribution in [3.05, 3.63) is 34.1 Å². The average Bonchev–Trinajstić information content (AvgIpc) is 2.44. The molecule has 1 atom stereocenters. The Morgan fingerprint density at radius 3 is 3.00 bits per heavy atom. The number of anilines is 1. The van der Waals surface area contributed by atoms with Gasteiger partial charge in [-0.2, -0.15) is 0 Å². The first-order valence-corrected chi connectivity index (χ1v) is 7.47. The molecule has 1 saturated heterocycles. The van der Waals surface area contributed by atoms with E-state index in [4.69, 9.17) is 4.74 Å². The molecule has 0 amide bonds. The van der Waals surface area contributed by atoms with Gasteiger partial charge in [0.05, 0.1) is 17.6 Å². The van der Waals surface area contributed by atoms with Crippen LogP contribution in [0.5, 0.6) is 0 Å². The first kappa shape index (κ1) is 16.6. The number of nitrogens with zero attached hydrogens (tertiary/aromatic N) is 2. The van der Waals surface area contributed by atoms with E-state index >= 15 is 0 Å². The lowest BCUT2D eigenvalue weighted by Crippen LogP contribution is -2.46. The van der Waals surface area contributed by atoms with Gasteiger partial charge in [0.2, 0.25) is 0 Å². The molecule has 0 aliphatic carbocycles. The highest BCUT2D eigenvalue weighted by atomic mass is 19.1. The molecule has 7 heteroatoms. The molecule has 1 aliphatic heterocycles. The predicted octanol–water partition coefficient (Wildman–Crippen LogP) is 2.50. The fourth-order valence-electron chi connectivity index (χ4n) is 2.62. The number of benzene rings is 1. The summed E-state index contributed by atoms with van der Waals surface area (Å²) in [5, 5.41) is 13.9. The van der Waals surface area contributed by atoms with Crippen molar-refractivity contribution >= 4 is 11.4 Å². The van der Waals surface area contributed by atoms with Gasteiger partial charge in [-0.3, -0.25) is 15.0 Å². The van der Waals surface area contributed by atoms with E-state index in [0.29, 0.717) is 19.1 Å². The van der Waals surface area contributed by atoms with E-state index in [-0.39, 0.29) is 17.5 Å². The fraction of sp³-hybridized carbons (Fsp3) is 0.600. The molecule has 0 saturated carbocycles. The molecule has 2 rings (SSSR count). The smallest absolute Gasteiger partial charge is 0.292 e. The monoisotopic (exact) mass is 311 g/mol. The van der Waals surface area contributed by atoms with Crippen LogP contribution in [0.1, 0.15) is 13.8 Å². The molecule has 1 fully saturated rings. The molecule has 1 aromatic rings. The van der Waals surface area contributed by atoms with Crippen LogP contribution in [0.4, 0.5) is 15.8 Å². The molecule has 6 nitrogen and oxygen atoms in total. The summed E-state index contributed by atoms with van der Waals surface area (Å²) < 4.78 is 19.0. The second kappa shape index (κ2) is 7.51. The minimum atomic E-state index is -0.519. The number of ether oxygens (including phenoxy) is 1. The number of rotatable bonds is 6. The van der Waals surface area contributed by atoms with Gasteiger partial charge in [-0.25, -0.2) is 4.39 Å². The van der Waals surface area contributed by atoms with Crippen LogP contribution in [0, 0.1) is 21.8 Å². The summed E-state index contributed by atoms with van der Waals surface area (Å²) in [7, 11) is 0. The zero-order valence-electron chi connectivity index (χ0n) is 12.9. The van der Waals surface area contributed by atoms with Crippen LogP contribution < -0.4 is 5.32 Å². The molecule has 22 heavy (non-hydrogen) atoms. The van der Waals surface area contributed by atoms with Crippen molar-refractivity contribution in [1.82, 2.24) is 4.90 Å². The van der Waals surface area contributed by atoms with Gasteiger partial charge in [-0.05, 0) is 12.0 Å². The van der Waals surface area contributed by atoms with Crippen LogP contribution in [0.3, 0.4) is 0 Å². The van der Waals surface area contributed by atoms with E-state index in [1.807, 2.05) is 0 Å². The second-order valence-electron chi connectivity index (χ2n) is 5.95. The van der Waals surface area contributed by atoms with E-state index in [1.54, 1.807) is 0 Å². The number of nitro benzene ring substituents is 1. The van der Waals surface area contributed by atoms with Gasteiger partial charge in [-0.1, -0.05) is 13.8 Å². The van der Waals surface area contributed by atoms with E-state index in [9.17, 15) is 14.5 Å². The lowest BCUT2D eigenvalue weighted by molar-refractivity contribution is -0.384. The maximum Gasteiger partial charge on any atom is 0.292 e. The molecule has 0 aromatic heterocycles. The minimum Gasteiger partial charge on any atom is -0.377 e. The summed E-state index contributed by atoms with van der Waals surface area (Å²) in [5.41, 5.74) is 0.0610. The standard InChI is InChI=1S/C15H22FN3O3/c1-11(2)9-18-5-6-22-13(10-18)8-17-14-7-12(16)3-4-15(14)19(20)21/h3-4,7,11,13,17H,5-6,8-10H2,1-2H3. The summed E-state index contributed by atoms with van der Waals surface area (Å²) in [4.78, 5) is 12.8. The fourth-order valence-corrected chi connectivity index (χ4v) is 2.62. The zero-order chi connectivity index (χ0) is 16.1. The molecule has 0 bridgehead atoms. The van der Waals surface area contributed by atoms with Crippen molar-refractivity contribution < 1.29 is 14.1 Å². The molecule has 1 unspecified atom stereocenters. The van der Waals surface area contributed by atoms with Gasteiger partial charge in [-0.15, -0.1) is 0 Å². The maximum atomic E-state index is 13.3. The molecule has 0 radical (unpaired) electrons. The Morgan fingerprint density at radius 2 is 2.32 bits per heavy atom. The third-order valence-electron chi connectivity index (χ3n) is 3.52. The van der Waals surface area contributed by atoms with Crippen molar-refractivity contribution in [2.75, 3.05) is 38.1 Å². The Morgan fingerprint density at radius 1 is 1.55 bits per heavy atom. The molecule has 0 spiro atoms. The second-order valence-corrected chi connectivity index (χ2v) is 5.95. The SMILES string of the molecule is CC(C)CN1CCOC(CNc2cc(F)ccc2[N+](=O)[O-])C1. The van der Waals surface area contributed by atoms with Gasteiger partial charge in [0.1, 0.15) is 11.5 Å². The third-order valence-corrected chi connectivity index (χ3v) is 3.52. The Kier molecular flexibility index (Phi) is 5.68. The summed E-state index contributed by atoms with van der Waals surface area (Å²) in [6.07, 6.45) is -0.0598. The number of nitrogens with one attached hydrogen (secondary N) is 1. The molecule has 122 valence electrons. The largest absolute Gasteiger partial charge is 0.377 e. The molecule has 1 aliphatic rings. The number of nitro groups is 1. The summed E-state index contributed by atoms with van der Waals surface area (Å²) >= 11 is 0. The highest BCUT2D eigenvalue weighted by Gasteiger charge is 2.22. The Labute approximate surface area is 129 Å². The van der Waals surface area contributed by atoms with Crippen LogP contribution in [-0.4, -0.2) is 48.7 Å². The highest BCUT2D eigenvalue weighted by molar-refractivity contribution is 5.61. The van der Waals surface area contributed by atoms with Crippen molar-refractivity contribution in [3.63, 3.8) is 0 Å². The van der Waals surface area contributed by atoms with Gasteiger partial charge in [0.25, 0.3) is 5.69 Å². The van der Waals surface area contributed by atoms with Crippen LogP contribution in [0.2, 0.25) is 0 Å². The molecular weight excluding hydrogens is 289 g/mol. The summed E-state index contributed by atoms with van der Waals surface area (Å²) in [6.45, 7) is 8.06. The lowest BCUT2D eigenvalue weighted by Gasteiger charge is -2.34. The van der Waals surface area contributed by atoms with Gasteiger partial charge < -0.3 is 10.1 Å². The van der Waals surface area contributed by atoms with E-state index in [2.05, 4.69) is 24.1 Å². The van der Waals surface area contributed by atoms with Gasteiger partial charge >= 0.3 is 0 Å². The number of morpholine rings is 1. The number of hydrogen-bond donors (Lipinski definition) is 1. The lowest BCUT2D eigenvalue weighted by atomic mass is 10.1. The summed E-state index contributed by atoms with van der Waals surface area (Å²) in [6, 6.07) is 3.40. The summed E-state index contributed by atoms with van der Waals surface area (Å²) in [5.74, 6) is 0.0788. The van der Waals surface area contributed by atoms with Crippen molar-refractivity contribution in [1.29, 1.82) is 0 Å². The third kappa shape index (κ3) is 4.64. The topological polar surface area (TPSA) is 67.6 Å². The Bertz CT molecular complexity index is 525. The highest BCUT2D eigenvalue weighted by Crippen LogP contribution is 2.25. The van der Waals surface area contributed by atoms with Crippen LogP contribution in [0.25, 0.3) is 0 Å². The number of halogens is 1. The first-order chi connectivity index (χ1) is 10.5. The van der Waals surface area contributed by atoms with Crippen LogP contribution in [0.15, 0.2) is 18.2 Å². The van der Waals surface area contributed by atoms with Crippen molar-refractivity contribution in [2.45, 2.75) is 20.0 Å². The predicted molar refractivity (Wildman–Crippen MR) is 82.6 cm³/mol. The van der Waals surface area contributed by atoms with Crippen molar-refractivity contribution in [2.24, 2.45) is 5.92 Å². The number of hydrogen-bond acceptors (Lipinski definition) is 5. The Balaban J connectivity index is 1.95. The minimum absolute atomic E-state index is 0.0598. The average molecular weight is 311 g/mol. The maximum absolute atomic E-state index is 13.3. The van der Waals surface area contributed by atoms with Crippen LogP contribution in [-0.2, 0) is 4.74 Å². The van der Waals surface area contributed by atoms with E-state index in [1.165, 1.54) is 6.07 Å². The zero-order valence-corrected chi connectivity index (χ0v) is 12.9. The van der Waals surface area contributed by atoms with E-state index < -0.39 is 10.7 Å². The molecule has 1 heterocycles.